The Kier molecular flexibility index (Phi) is 15.6. The summed E-state index contributed by atoms with van der Waals surface area (Å²) in [4.78, 5) is 14.3. The molecule has 0 spiro atoms. The van der Waals surface area contributed by atoms with Crippen LogP contribution in [0.15, 0.2) is 52.4 Å². The topological polar surface area (TPSA) is 37.6 Å². The number of pyridine rings is 1. The van der Waals surface area contributed by atoms with Gasteiger partial charge in [-0.05, 0) is 88.1 Å². The van der Waals surface area contributed by atoms with Gasteiger partial charge in [0.25, 0.3) is 0 Å². The van der Waals surface area contributed by atoms with Crippen molar-refractivity contribution in [1.82, 2.24) is 4.98 Å². The Morgan fingerprint density at radius 1 is 0.676 bits per heavy atom. The van der Waals surface area contributed by atoms with E-state index in [0.717, 1.165) is 56.4 Å². The first kappa shape index (κ1) is 35.1. The van der Waals surface area contributed by atoms with Crippen molar-refractivity contribution in [2.24, 2.45) is 9.98 Å². The summed E-state index contributed by atoms with van der Waals surface area (Å²) in [6.45, 7) is 12.0. The van der Waals surface area contributed by atoms with Crippen LogP contribution < -0.4 is 37.2 Å². The molecule has 1 heterocycles. The third-order valence-corrected chi connectivity index (χ3v) is 5.42. The molecule has 0 saturated carbocycles. The summed E-state index contributed by atoms with van der Waals surface area (Å²) in [6.07, 6.45) is 0. The van der Waals surface area contributed by atoms with Gasteiger partial charge in [0.15, 0.2) is 0 Å². The van der Waals surface area contributed by atoms with E-state index in [2.05, 4.69) is 12.1 Å². The van der Waals surface area contributed by atoms with E-state index in [9.17, 15) is 0 Å². The van der Waals surface area contributed by atoms with E-state index in [0.29, 0.717) is 10.0 Å². The van der Waals surface area contributed by atoms with Crippen molar-refractivity contribution in [2.45, 2.75) is 41.5 Å². The first-order valence-corrected chi connectivity index (χ1v) is 10.5. The molecule has 3 rings (SSSR count). The van der Waals surface area contributed by atoms with Crippen molar-refractivity contribution >= 4 is 46.0 Å². The average molecular weight is 601 g/mol. The van der Waals surface area contributed by atoms with E-state index in [4.69, 9.17) is 38.2 Å². The fraction of sp³-hybridized carbons (Fsp3) is 0.240. The van der Waals surface area contributed by atoms with Gasteiger partial charge in [0.1, 0.15) is 0 Å². The quantitative estimate of drug-likeness (QED) is 0.278. The Balaban J connectivity index is 0. The molecule has 183 valence electrons. The predicted octanol–water partition coefficient (Wildman–Crippen LogP) is -1.09. The molecule has 1 radical (unpaired) electrons. The number of hydrogen-bond donors (Lipinski definition) is 0. The molecule has 9 heteroatoms. The number of nitrogens with zero attached hydrogens (tertiary/aromatic N) is 3. The van der Waals surface area contributed by atoms with E-state index >= 15 is 0 Å². The number of benzene rings is 2. The van der Waals surface area contributed by atoms with Gasteiger partial charge in [-0.15, -0.1) is 0 Å². The SMILES string of the molecule is CC(=Nc1c(C)cc(C)cc1Cl)c1cccc(C(C)=Nc2c(C)cc(C)cc2Cl)n1.[Cl-].[Cl-].[Cl-].[Fe+3]. The molecule has 0 N–H and O–H groups in total. The Labute approximate surface area is 241 Å². The molecule has 0 aliphatic rings. The minimum atomic E-state index is 0. The van der Waals surface area contributed by atoms with E-state index in [-0.39, 0.29) is 54.3 Å². The third kappa shape index (κ3) is 8.53. The summed E-state index contributed by atoms with van der Waals surface area (Å²) in [5, 5.41) is 1.29. The monoisotopic (exact) mass is 598 g/mol. The summed E-state index contributed by atoms with van der Waals surface area (Å²) in [6, 6.07) is 13.8. The fourth-order valence-corrected chi connectivity index (χ4v) is 4.11. The van der Waals surface area contributed by atoms with Gasteiger partial charge in [0.2, 0.25) is 0 Å². The summed E-state index contributed by atoms with van der Waals surface area (Å²) in [7, 11) is 0. The molecule has 2 aromatic carbocycles. The van der Waals surface area contributed by atoms with Crippen molar-refractivity contribution in [3.63, 3.8) is 0 Å². The molecular formula is C25H25Cl5FeN3. The molecule has 0 saturated heterocycles. The van der Waals surface area contributed by atoms with Crippen molar-refractivity contribution in [3.05, 3.63) is 86.2 Å². The Morgan fingerprint density at radius 2 is 1.03 bits per heavy atom. The van der Waals surface area contributed by atoms with Crippen molar-refractivity contribution in [1.29, 1.82) is 0 Å². The zero-order chi connectivity index (χ0) is 22.0. The third-order valence-electron chi connectivity index (χ3n) is 4.85. The second kappa shape index (κ2) is 15.1. The van der Waals surface area contributed by atoms with Gasteiger partial charge >= 0.3 is 17.1 Å². The Hall–Kier alpha value is -1.10. The molecular weight excluding hydrogens is 575 g/mol. The summed E-state index contributed by atoms with van der Waals surface area (Å²) in [5.74, 6) is 0. The maximum Gasteiger partial charge on any atom is 3.00 e. The number of aromatic nitrogens is 1. The van der Waals surface area contributed by atoms with Crippen molar-refractivity contribution in [3.8, 4) is 0 Å². The maximum atomic E-state index is 6.42. The van der Waals surface area contributed by atoms with Gasteiger partial charge in [-0.3, -0.25) is 0 Å². The molecule has 0 bridgehead atoms. The summed E-state index contributed by atoms with van der Waals surface area (Å²) in [5.41, 5.74) is 9.02. The molecule has 0 atom stereocenters. The molecule has 34 heavy (non-hydrogen) atoms. The number of rotatable bonds is 4. The molecule has 3 nitrogen and oxygen atoms in total. The van der Waals surface area contributed by atoms with E-state index < -0.39 is 0 Å². The molecule has 0 aliphatic heterocycles. The van der Waals surface area contributed by atoms with Crippen LogP contribution in [-0.2, 0) is 17.1 Å². The maximum absolute atomic E-state index is 6.42. The summed E-state index contributed by atoms with van der Waals surface area (Å²) >= 11 is 12.8. The van der Waals surface area contributed by atoms with Gasteiger partial charge in [0.05, 0.1) is 44.2 Å². The van der Waals surface area contributed by atoms with Crippen LogP contribution in [-0.4, -0.2) is 16.4 Å². The van der Waals surface area contributed by atoms with Crippen LogP contribution in [0.3, 0.4) is 0 Å². The van der Waals surface area contributed by atoms with E-state index in [1.54, 1.807) is 0 Å². The predicted molar refractivity (Wildman–Crippen MR) is 130 cm³/mol. The number of hydrogen-bond acceptors (Lipinski definition) is 3. The first-order valence-electron chi connectivity index (χ1n) is 9.77. The molecule has 0 fully saturated rings. The van der Waals surface area contributed by atoms with Crippen molar-refractivity contribution < 1.29 is 54.3 Å². The van der Waals surface area contributed by atoms with Crippen LogP contribution in [0, 0.1) is 27.7 Å². The van der Waals surface area contributed by atoms with Crippen LogP contribution in [0.25, 0.3) is 0 Å². The number of aryl methyl sites for hydroxylation is 4. The van der Waals surface area contributed by atoms with Crippen molar-refractivity contribution in [2.75, 3.05) is 0 Å². The zero-order valence-corrected chi connectivity index (χ0v) is 24.5. The minimum Gasteiger partial charge on any atom is -1.00 e. The van der Waals surface area contributed by atoms with Crippen LogP contribution in [0.1, 0.15) is 47.5 Å². The number of halogens is 5. The Bertz CT molecular complexity index is 1060. The number of aliphatic imine (C=N–C) groups is 2. The fourth-order valence-electron chi connectivity index (χ4n) is 3.39. The molecule has 0 unspecified atom stereocenters. The largest absolute Gasteiger partial charge is 3.00 e. The van der Waals surface area contributed by atoms with Crippen LogP contribution in [0.4, 0.5) is 11.4 Å². The van der Waals surface area contributed by atoms with Gasteiger partial charge < -0.3 is 37.2 Å². The van der Waals surface area contributed by atoms with Gasteiger partial charge in [-0.2, -0.15) is 0 Å². The van der Waals surface area contributed by atoms with Gasteiger partial charge in [-0.1, -0.05) is 41.4 Å². The van der Waals surface area contributed by atoms with Crippen LogP contribution >= 0.6 is 23.2 Å². The second-order valence-electron chi connectivity index (χ2n) is 7.63. The van der Waals surface area contributed by atoms with Crippen LogP contribution in [0.5, 0.6) is 0 Å². The van der Waals surface area contributed by atoms with E-state index in [1.807, 2.05) is 71.9 Å². The first-order chi connectivity index (χ1) is 14.2. The average Bonchev–Trinajstić information content (AvgIpc) is 2.67. The van der Waals surface area contributed by atoms with E-state index in [1.165, 1.54) is 0 Å². The molecule has 0 amide bonds. The Morgan fingerprint density at radius 3 is 1.35 bits per heavy atom. The minimum absolute atomic E-state index is 0. The molecule has 0 aliphatic carbocycles. The van der Waals surface area contributed by atoms with Gasteiger partial charge in [0, 0.05) is 0 Å². The standard InChI is InChI=1S/C25H25Cl2N3.3ClH.Fe/c1-14-10-16(3)24(20(26)12-14)28-18(5)22-8-7-9-23(30-22)19(6)29-25-17(4)11-15(2)13-21(25)27;;;;/h7-13H,1-6H3;3*1H;/q;;;;+3/p-3. The molecule has 1 aromatic heterocycles. The van der Waals surface area contributed by atoms with Crippen LogP contribution in [0.2, 0.25) is 10.0 Å². The smallest absolute Gasteiger partial charge is 1.00 e. The van der Waals surface area contributed by atoms with Gasteiger partial charge in [-0.25, -0.2) is 15.0 Å². The zero-order valence-electron chi connectivity index (χ0n) is 19.6. The normalized spacial score (nSPS) is 10.9. The second-order valence-corrected chi connectivity index (χ2v) is 8.44. The molecule has 3 aromatic rings. The summed E-state index contributed by atoms with van der Waals surface area (Å²) < 4.78 is 0.